The zero-order valence-corrected chi connectivity index (χ0v) is 15.4. The minimum atomic E-state index is -0.398. The van der Waals surface area contributed by atoms with Crippen molar-refractivity contribution in [2.75, 3.05) is 12.4 Å². The molecule has 0 unspecified atom stereocenters. The highest BCUT2D eigenvalue weighted by Gasteiger charge is 2.17. The Kier molecular flexibility index (Phi) is 4.90. The summed E-state index contributed by atoms with van der Waals surface area (Å²) in [5, 5.41) is 4.75. The number of carbonyl (C=O) groups excluding carboxylic acids is 1. The highest BCUT2D eigenvalue weighted by atomic mass is 79.9. The summed E-state index contributed by atoms with van der Waals surface area (Å²) >= 11 is 3.28. The molecule has 0 radical (unpaired) electrons. The van der Waals surface area contributed by atoms with E-state index in [4.69, 9.17) is 4.74 Å². The molecular formula is C19H17BrN2O3. The number of benzene rings is 2. The van der Waals surface area contributed by atoms with E-state index < -0.39 is 5.92 Å². The van der Waals surface area contributed by atoms with Crippen LogP contribution in [0.5, 0.6) is 5.75 Å². The molecule has 25 heavy (non-hydrogen) atoms. The summed E-state index contributed by atoms with van der Waals surface area (Å²) in [6.07, 6.45) is 1.53. The van der Waals surface area contributed by atoms with Gasteiger partial charge < -0.3 is 15.0 Å². The van der Waals surface area contributed by atoms with E-state index in [2.05, 4.69) is 26.2 Å². The number of rotatable bonds is 4. The van der Waals surface area contributed by atoms with Crippen molar-refractivity contribution in [2.45, 2.75) is 12.8 Å². The van der Waals surface area contributed by atoms with Gasteiger partial charge in [-0.3, -0.25) is 9.59 Å². The summed E-state index contributed by atoms with van der Waals surface area (Å²) in [6, 6.07) is 13.2. The fourth-order valence-electron chi connectivity index (χ4n) is 2.58. The molecule has 0 aliphatic rings. The minimum Gasteiger partial charge on any atom is -0.497 e. The van der Waals surface area contributed by atoms with E-state index in [0.29, 0.717) is 4.47 Å². The quantitative estimate of drug-likeness (QED) is 0.693. The first-order chi connectivity index (χ1) is 12.0. The molecule has 1 atom stereocenters. The molecule has 1 amide bonds. The molecule has 0 saturated heterocycles. The van der Waals surface area contributed by atoms with Gasteiger partial charge in [0, 0.05) is 10.7 Å². The number of hydrogen-bond acceptors (Lipinski definition) is 3. The average molecular weight is 401 g/mol. The summed E-state index contributed by atoms with van der Waals surface area (Å²) in [5.74, 6) is 0.154. The van der Waals surface area contributed by atoms with E-state index in [0.717, 1.165) is 22.1 Å². The number of ether oxygens (including phenoxy) is 1. The molecule has 2 N–H and O–H groups in total. The van der Waals surface area contributed by atoms with Gasteiger partial charge in [-0.05, 0) is 57.4 Å². The van der Waals surface area contributed by atoms with Gasteiger partial charge >= 0.3 is 0 Å². The lowest BCUT2D eigenvalue weighted by molar-refractivity contribution is -0.117. The van der Waals surface area contributed by atoms with Crippen molar-refractivity contribution in [2.24, 2.45) is 0 Å². The number of anilines is 1. The second-order valence-corrected chi connectivity index (χ2v) is 6.66. The van der Waals surface area contributed by atoms with Gasteiger partial charge in [-0.15, -0.1) is 0 Å². The van der Waals surface area contributed by atoms with Gasteiger partial charge in [0.2, 0.25) is 5.91 Å². The smallest absolute Gasteiger partial charge is 0.271 e. The van der Waals surface area contributed by atoms with Crippen LogP contribution in [-0.4, -0.2) is 18.0 Å². The fraction of sp³-hybridized carbons (Fsp3) is 0.158. The molecule has 3 aromatic rings. The average Bonchev–Trinajstić information content (AvgIpc) is 2.63. The molecule has 5 nitrogen and oxygen atoms in total. The lowest BCUT2D eigenvalue weighted by Gasteiger charge is -2.13. The number of aromatic nitrogens is 1. The van der Waals surface area contributed by atoms with Crippen molar-refractivity contribution < 1.29 is 9.53 Å². The Bertz CT molecular complexity index is 997. The van der Waals surface area contributed by atoms with Crippen molar-refractivity contribution in [3.05, 3.63) is 69.1 Å². The van der Waals surface area contributed by atoms with Gasteiger partial charge in [-0.1, -0.05) is 24.3 Å². The zero-order valence-electron chi connectivity index (χ0n) is 13.8. The van der Waals surface area contributed by atoms with Crippen LogP contribution in [0.3, 0.4) is 0 Å². The van der Waals surface area contributed by atoms with Gasteiger partial charge in [-0.2, -0.15) is 0 Å². The number of carbonyl (C=O) groups is 1. The van der Waals surface area contributed by atoms with E-state index in [1.54, 1.807) is 13.2 Å². The van der Waals surface area contributed by atoms with Crippen LogP contribution in [0.2, 0.25) is 0 Å². The van der Waals surface area contributed by atoms with E-state index >= 15 is 0 Å². The number of halogens is 1. The normalized spacial score (nSPS) is 12.0. The van der Waals surface area contributed by atoms with Gasteiger partial charge in [0.25, 0.3) is 5.56 Å². The van der Waals surface area contributed by atoms with Crippen molar-refractivity contribution in [1.82, 2.24) is 4.98 Å². The van der Waals surface area contributed by atoms with Crippen LogP contribution in [0, 0.1) is 0 Å². The van der Waals surface area contributed by atoms with E-state index in [1.165, 1.54) is 6.20 Å². The van der Waals surface area contributed by atoms with Crippen molar-refractivity contribution in [3.8, 4) is 5.75 Å². The number of amides is 1. The largest absolute Gasteiger partial charge is 0.497 e. The van der Waals surface area contributed by atoms with Crippen LogP contribution in [0.25, 0.3) is 10.8 Å². The lowest BCUT2D eigenvalue weighted by Crippen LogP contribution is -2.23. The maximum absolute atomic E-state index is 12.5. The Morgan fingerprint density at radius 2 is 1.88 bits per heavy atom. The zero-order chi connectivity index (χ0) is 18.0. The maximum atomic E-state index is 12.5. The third kappa shape index (κ3) is 3.74. The summed E-state index contributed by atoms with van der Waals surface area (Å²) in [6.45, 7) is 1.81. The molecule has 0 spiro atoms. The molecule has 128 valence electrons. The van der Waals surface area contributed by atoms with Crippen LogP contribution < -0.4 is 15.6 Å². The van der Waals surface area contributed by atoms with Crippen LogP contribution in [0.1, 0.15) is 18.4 Å². The molecule has 0 bridgehead atoms. The lowest BCUT2D eigenvalue weighted by atomic mass is 9.97. The Labute approximate surface area is 153 Å². The molecule has 0 aliphatic heterocycles. The number of nitrogens with one attached hydrogen (secondary N) is 2. The third-order valence-corrected chi connectivity index (χ3v) is 4.55. The van der Waals surface area contributed by atoms with Gasteiger partial charge in [0.05, 0.1) is 13.0 Å². The SMILES string of the molecule is COc1ccc2cc([C@H](C)C(=O)Nc3cc(Br)c[nH]c3=O)ccc2c1. The van der Waals surface area contributed by atoms with Crippen molar-refractivity contribution in [1.29, 1.82) is 0 Å². The molecular weight excluding hydrogens is 384 g/mol. The van der Waals surface area contributed by atoms with E-state index in [9.17, 15) is 9.59 Å². The highest BCUT2D eigenvalue weighted by molar-refractivity contribution is 9.10. The number of pyridine rings is 1. The molecule has 0 fully saturated rings. The fourth-order valence-corrected chi connectivity index (χ4v) is 2.92. The predicted molar refractivity (Wildman–Crippen MR) is 102 cm³/mol. The first-order valence-electron chi connectivity index (χ1n) is 7.75. The van der Waals surface area contributed by atoms with E-state index in [1.807, 2.05) is 43.3 Å². The minimum absolute atomic E-state index is 0.219. The van der Waals surface area contributed by atoms with Crippen LogP contribution in [0.4, 0.5) is 5.69 Å². The number of methoxy groups -OCH3 is 1. The monoisotopic (exact) mass is 400 g/mol. The standard InChI is InChI=1S/C19H17BrN2O3/c1-11(18(23)22-17-9-15(20)10-21-19(17)24)12-3-4-14-8-16(25-2)6-5-13(14)7-12/h3-11H,1-2H3,(H,21,24)(H,22,23)/t11-/m0/s1. The first kappa shape index (κ1) is 17.2. The van der Waals surface area contributed by atoms with Gasteiger partial charge in [0.1, 0.15) is 11.4 Å². The Morgan fingerprint density at radius 1 is 1.16 bits per heavy atom. The molecule has 1 aromatic heterocycles. The van der Waals surface area contributed by atoms with Crippen LogP contribution >= 0.6 is 15.9 Å². The second-order valence-electron chi connectivity index (χ2n) is 5.74. The Morgan fingerprint density at radius 3 is 2.64 bits per heavy atom. The Balaban J connectivity index is 1.85. The summed E-state index contributed by atoms with van der Waals surface area (Å²) in [7, 11) is 1.63. The maximum Gasteiger partial charge on any atom is 0.271 e. The third-order valence-electron chi connectivity index (χ3n) is 4.09. The number of aromatic amines is 1. The van der Waals surface area contributed by atoms with Crippen LogP contribution in [-0.2, 0) is 4.79 Å². The first-order valence-corrected chi connectivity index (χ1v) is 8.54. The summed E-state index contributed by atoms with van der Waals surface area (Å²) in [4.78, 5) is 26.9. The van der Waals surface area contributed by atoms with Crippen molar-refractivity contribution >= 4 is 38.3 Å². The Hall–Kier alpha value is -2.60. The topological polar surface area (TPSA) is 71.2 Å². The summed E-state index contributed by atoms with van der Waals surface area (Å²) < 4.78 is 5.91. The molecule has 3 rings (SSSR count). The molecule has 1 heterocycles. The van der Waals surface area contributed by atoms with Crippen molar-refractivity contribution in [3.63, 3.8) is 0 Å². The van der Waals surface area contributed by atoms with Gasteiger partial charge in [-0.25, -0.2) is 0 Å². The molecule has 0 saturated carbocycles. The van der Waals surface area contributed by atoms with E-state index in [-0.39, 0.29) is 17.2 Å². The van der Waals surface area contributed by atoms with Crippen LogP contribution in [0.15, 0.2) is 57.9 Å². The molecule has 0 aliphatic carbocycles. The number of hydrogen-bond donors (Lipinski definition) is 2. The predicted octanol–water partition coefficient (Wildman–Crippen LogP) is 4.04. The summed E-state index contributed by atoms with van der Waals surface area (Å²) in [5.41, 5.74) is 0.757. The highest BCUT2D eigenvalue weighted by Crippen LogP contribution is 2.25. The number of fused-ring (bicyclic) bond motifs is 1. The second kappa shape index (κ2) is 7.11. The number of H-pyrrole nitrogens is 1. The van der Waals surface area contributed by atoms with Gasteiger partial charge in [0.15, 0.2) is 0 Å². The molecule has 6 heteroatoms. The molecule has 2 aromatic carbocycles.